The number of hydrogen-bond acceptors (Lipinski definition) is 3. The number of aryl methyl sites for hydroxylation is 1. The Bertz CT molecular complexity index is 336. The van der Waals surface area contributed by atoms with Gasteiger partial charge in [0.05, 0.1) is 0 Å². The van der Waals surface area contributed by atoms with E-state index in [9.17, 15) is 0 Å². The molecule has 0 aliphatic rings. The van der Waals surface area contributed by atoms with E-state index in [1.165, 1.54) is 6.26 Å². The van der Waals surface area contributed by atoms with Crippen LogP contribution in [0.25, 0.3) is 11.5 Å². The summed E-state index contributed by atoms with van der Waals surface area (Å²) in [6, 6.07) is 1.78. The van der Waals surface area contributed by atoms with Crippen molar-refractivity contribution in [1.29, 1.82) is 0 Å². The summed E-state index contributed by atoms with van der Waals surface area (Å²) >= 11 is 0. The van der Waals surface area contributed by atoms with E-state index in [2.05, 4.69) is 14.7 Å². The van der Waals surface area contributed by atoms with Gasteiger partial charge >= 0.3 is 0 Å². The first-order chi connectivity index (χ1) is 5.38. The molecule has 0 saturated heterocycles. The van der Waals surface area contributed by atoms with Crippen molar-refractivity contribution in [2.45, 2.75) is 0 Å². The standard InChI is InChI=1S/C7H7N3O/c1-10-4-3-8-7(10)6-2-5-11-9-6/h2-5H,1H3. The normalized spacial score (nSPS) is 10.3. The minimum absolute atomic E-state index is 0.762. The molecule has 0 fully saturated rings. The number of hydrogen-bond donors (Lipinski definition) is 0. The van der Waals surface area contributed by atoms with Crippen molar-refractivity contribution in [3.63, 3.8) is 0 Å². The van der Waals surface area contributed by atoms with Crippen LogP contribution in [0.1, 0.15) is 0 Å². The molecule has 4 heteroatoms. The summed E-state index contributed by atoms with van der Waals surface area (Å²) in [5, 5.41) is 3.76. The minimum atomic E-state index is 0.762. The quantitative estimate of drug-likeness (QED) is 0.609. The van der Waals surface area contributed by atoms with Gasteiger partial charge in [0.15, 0.2) is 5.82 Å². The molecule has 0 aromatic carbocycles. The molecule has 2 heterocycles. The minimum Gasteiger partial charge on any atom is -0.364 e. The second kappa shape index (κ2) is 2.23. The summed E-state index contributed by atoms with van der Waals surface area (Å²) in [6.45, 7) is 0. The van der Waals surface area contributed by atoms with E-state index in [1.54, 1.807) is 12.3 Å². The van der Waals surface area contributed by atoms with E-state index in [0.717, 1.165) is 11.5 Å². The molecule has 0 amide bonds. The van der Waals surface area contributed by atoms with Crippen LogP contribution in [-0.4, -0.2) is 14.7 Å². The highest BCUT2D eigenvalue weighted by Gasteiger charge is 2.04. The van der Waals surface area contributed by atoms with Crippen LogP contribution in [0, 0.1) is 0 Å². The highest BCUT2D eigenvalue weighted by molar-refractivity contribution is 5.47. The molecule has 0 radical (unpaired) electrons. The molecule has 0 aliphatic heterocycles. The van der Waals surface area contributed by atoms with Crippen molar-refractivity contribution in [2.75, 3.05) is 0 Å². The Balaban J connectivity index is 2.53. The van der Waals surface area contributed by atoms with Gasteiger partial charge in [0, 0.05) is 25.5 Å². The maximum Gasteiger partial charge on any atom is 0.161 e. The van der Waals surface area contributed by atoms with Crippen LogP contribution in [0.5, 0.6) is 0 Å². The SMILES string of the molecule is Cn1ccnc1-c1ccon1. The van der Waals surface area contributed by atoms with Gasteiger partial charge in [-0.15, -0.1) is 0 Å². The lowest BCUT2D eigenvalue weighted by Gasteiger charge is -1.93. The van der Waals surface area contributed by atoms with Gasteiger partial charge < -0.3 is 9.09 Å². The number of aromatic nitrogens is 3. The van der Waals surface area contributed by atoms with Crippen LogP contribution in [0.2, 0.25) is 0 Å². The van der Waals surface area contributed by atoms with E-state index in [4.69, 9.17) is 0 Å². The van der Waals surface area contributed by atoms with E-state index < -0.39 is 0 Å². The fraction of sp³-hybridized carbons (Fsp3) is 0.143. The third-order valence-corrected chi connectivity index (χ3v) is 1.49. The average molecular weight is 149 g/mol. The zero-order valence-corrected chi connectivity index (χ0v) is 6.06. The second-order valence-corrected chi connectivity index (χ2v) is 2.25. The van der Waals surface area contributed by atoms with Crippen LogP contribution in [0.15, 0.2) is 29.2 Å². The summed E-state index contributed by atoms with van der Waals surface area (Å²) in [5.41, 5.74) is 0.762. The zero-order chi connectivity index (χ0) is 7.68. The van der Waals surface area contributed by atoms with Gasteiger partial charge in [-0.25, -0.2) is 4.98 Å². The van der Waals surface area contributed by atoms with Gasteiger partial charge in [-0.3, -0.25) is 0 Å². The van der Waals surface area contributed by atoms with Crippen LogP contribution in [0.3, 0.4) is 0 Å². The van der Waals surface area contributed by atoms with Gasteiger partial charge in [-0.2, -0.15) is 0 Å². The maximum absolute atomic E-state index is 4.69. The van der Waals surface area contributed by atoms with Crippen molar-refractivity contribution in [1.82, 2.24) is 14.7 Å². The van der Waals surface area contributed by atoms with Crippen LogP contribution in [0.4, 0.5) is 0 Å². The topological polar surface area (TPSA) is 43.9 Å². The molecule has 0 atom stereocenters. The molecule has 0 bridgehead atoms. The Hall–Kier alpha value is -1.58. The summed E-state index contributed by atoms with van der Waals surface area (Å²) in [4.78, 5) is 4.10. The molecule has 2 rings (SSSR count). The van der Waals surface area contributed by atoms with Crippen molar-refractivity contribution in [3.8, 4) is 11.5 Å². The zero-order valence-electron chi connectivity index (χ0n) is 6.06. The molecular formula is C7H7N3O. The highest BCUT2D eigenvalue weighted by atomic mass is 16.5. The predicted octanol–water partition coefficient (Wildman–Crippen LogP) is 1.08. The molecule has 0 unspecified atom stereocenters. The molecule has 2 aromatic rings. The van der Waals surface area contributed by atoms with Crippen molar-refractivity contribution in [3.05, 3.63) is 24.7 Å². The first-order valence-electron chi connectivity index (χ1n) is 3.26. The molecule has 0 spiro atoms. The van der Waals surface area contributed by atoms with E-state index in [-0.39, 0.29) is 0 Å². The third kappa shape index (κ3) is 0.920. The van der Waals surface area contributed by atoms with Gasteiger partial charge in [0.2, 0.25) is 0 Å². The summed E-state index contributed by atoms with van der Waals surface area (Å²) in [6.07, 6.45) is 5.12. The monoisotopic (exact) mass is 149 g/mol. The fourth-order valence-corrected chi connectivity index (χ4v) is 0.940. The molecule has 56 valence electrons. The first kappa shape index (κ1) is 6.15. The summed E-state index contributed by atoms with van der Waals surface area (Å²) in [5.74, 6) is 0.818. The van der Waals surface area contributed by atoms with Crippen LogP contribution in [-0.2, 0) is 7.05 Å². The molecule has 0 aliphatic carbocycles. The molecule has 0 N–H and O–H groups in total. The largest absolute Gasteiger partial charge is 0.364 e. The smallest absolute Gasteiger partial charge is 0.161 e. The lowest BCUT2D eigenvalue weighted by molar-refractivity contribution is 0.421. The molecule has 11 heavy (non-hydrogen) atoms. The Morgan fingerprint density at radius 2 is 2.45 bits per heavy atom. The Labute approximate surface area is 63.5 Å². The molecule has 0 saturated carbocycles. The van der Waals surface area contributed by atoms with E-state index in [0.29, 0.717) is 0 Å². The predicted molar refractivity (Wildman–Crippen MR) is 38.7 cm³/mol. The number of imidazole rings is 1. The molecule has 2 aromatic heterocycles. The lowest BCUT2D eigenvalue weighted by Crippen LogP contribution is -1.90. The highest BCUT2D eigenvalue weighted by Crippen LogP contribution is 2.12. The fourth-order valence-electron chi connectivity index (χ4n) is 0.940. The van der Waals surface area contributed by atoms with Gasteiger partial charge in [0.25, 0.3) is 0 Å². The second-order valence-electron chi connectivity index (χ2n) is 2.25. The van der Waals surface area contributed by atoms with Crippen LogP contribution >= 0.6 is 0 Å². The van der Waals surface area contributed by atoms with Gasteiger partial charge in [-0.05, 0) is 0 Å². The molecular weight excluding hydrogens is 142 g/mol. The third-order valence-electron chi connectivity index (χ3n) is 1.49. The van der Waals surface area contributed by atoms with Crippen molar-refractivity contribution in [2.24, 2.45) is 7.05 Å². The number of rotatable bonds is 1. The van der Waals surface area contributed by atoms with Crippen molar-refractivity contribution >= 4 is 0 Å². The lowest BCUT2D eigenvalue weighted by atomic mass is 10.4. The number of nitrogens with zero attached hydrogens (tertiary/aromatic N) is 3. The van der Waals surface area contributed by atoms with Crippen LogP contribution < -0.4 is 0 Å². The summed E-state index contributed by atoms with van der Waals surface area (Å²) < 4.78 is 6.58. The Morgan fingerprint density at radius 3 is 3.00 bits per heavy atom. The summed E-state index contributed by atoms with van der Waals surface area (Å²) in [7, 11) is 1.91. The maximum atomic E-state index is 4.69. The van der Waals surface area contributed by atoms with E-state index in [1.807, 2.05) is 17.8 Å². The average Bonchev–Trinajstić information content (AvgIpc) is 2.55. The Kier molecular flexibility index (Phi) is 1.25. The molecule has 4 nitrogen and oxygen atoms in total. The Morgan fingerprint density at radius 1 is 1.55 bits per heavy atom. The van der Waals surface area contributed by atoms with Crippen molar-refractivity contribution < 1.29 is 4.52 Å². The van der Waals surface area contributed by atoms with Gasteiger partial charge in [-0.1, -0.05) is 5.16 Å². The van der Waals surface area contributed by atoms with Gasteiger partial charge in [0.1, 0.15) is 12.0 Å². The van der Waals surface area contributed by atoms with E-state index >= 15 is 0 Å². The first-order valence-corrected chi connectivity index (χ1v) is 3.26.